The number of ether oxygens (including phenoxy) is 2. The molecule has 0 aromatic carbocycles. The Bertz CT molecular complexity index is 957. The Hall–Kier alpha value is -3.27. The number of anilines is 1. The SMILES string of the molecule is COc1ccc(C2CC2COc2cc(NCC3=CN(C)NN3)c(=O)n(C)n2)nc1. The number of methoxy groups -OCH3 is 1. The second-order valence-electron chi connectivity index (χ2n) is 7.22. The summed E-state index contributed by atoms with van der Waals surface area (Å²) in [5.74, 6) is 1.95. The number of hydrogen-bond donors (Lipinski definition) is 3. The Morgan fingerprint density at radius 1 is 1.34 bits per heavy atom. The molecule has 29 heavy (non-hydrogen) atoms. The monoisotopic (exact) mass is 399 g/mol. The number of nitrogens with zero attached hydrogens (tertiary/aromatic N) is 4. The van der Waals surface area contributed by atoms with Gasteiger partial charge in [0, 0.05) is 43.9 Å². The van der Waals surface area contributed by atoms with Gasteiger partial charge in [-0.2, -0.15) is 0 Å². The van der Waals surface area contributed by atoms with Gasteiger partial charge in [0.25, 0.3) is 5.56 Å². The standard InChI is InChI=1S/C19H25N7O3/c1-25-10-13(22-24-25)8-20-17-7-18(23-26(2)19(17)27)29-11-12-6-15(12)16-5-4-14(28-3)9-21-16/h4-5,7,9-10,12,15,20,22,24H,6,8,11H2,1-3H3. The van der Waals surface area contributed by atoms with Crippen molar-refractivity contribution in [2.45, 2.75) is 12.3 Å². The molecular formula is C19H25N7O3. The molecule has 1 saturated carbocycles. The third kappa shape index (κ3) is 4.43. The van der Waals surface area contributed by atoms with E-state index >= 15 is 0 Å². The highest BCUT2D eigenvalue weighted by Crippen LogP contribution is 2.46. The summed E-state index contributed by atoms with van der Waals surface area (Å²) < 4.78 is 12.3. The summed E-state index contributed by atoms with van der Waals surface area (Å²) >= 11 is 0. The molecule has 0 saturated heterocycles. The average Bonchev–Trinajstić information content (AvgIpc) is 3.39. The van der Waals surface area contributed by atoms with Crippen LogP contribution in [-0.2, 0) is 7.05 Å². The normalized spacial score (nSPS) is 20.1. The number of hydrazine groups is 2. The van der Waals surface area contributed by atoms with Gasteiger partial charge in [0.2, 0.25) is 5.88 Å². The highest BCUT2D eigenvalue weighted by molar-refractivity contribution is 5.44. The summed E-state index contributed by atoms with van der Waals surface area (Å²) in [4.78, 5) is 16.8. The summed E-state index contributed by atoms with van der Waals surface area (Å²) in [6, 6.07) is 5.57. The van der Waals surface area contributed by atoms with Crippen LogP contribution in [0.25, 0.3) is 0 Å². The van der Waals surface area contributed by atoms with Gasteiger partial charge in [-0.1, -0.05) is 0 Å². The molecule has 1 aliphatic carbocycles. The van der Waals surface area contributed by atoms with Gasteiger partial charge in [-0.15, -0.1) is 10.6 Å². The number of aryl methyl sites for hydroxylation is 1. The summed E-state index contributed by atoms with van der Waals surface area (Å²) in [5.41, 5.74) is 8.14. The van der Waals surface area contributed by atoms with E-state index < -0.39 is 0 Å². The first-order valence-electron chi connectivity index (χ1n) is 9.43. The van der Waals surface area contributed by atoms with Crippen LogP contribution in [0.2, 0.25) is 0 Å². The zero-order valence-corrected chi connectivity index (χ0v) is 16.7. The molecule has 1 aliphatic heterocycles. The van der Waals surface area contributed by atoms with Gasteiger partial charge in [-0.3, -0.25) is 14.8 Å². The van der Waals surface area contributed by atoms with Crippen molar-refractivity contribution in [3.8, 4) is 11.6 Å². The van der Waals surface area contributed by atoms with E-state index in [2.05, 4.69) is 26.4 Å². The molecule has 0 amide bonds. The van der Waals surface area contributed by atoms with Crippen molar-refractivity contribution in [1.29, 1.82) is 0 Å². The molecule has 0 radical (unpaired) electrons. The van der Waals surface area contributed by atoms with Gasteiger partial charge in [0.15, 0.2) is 0 Å². The van der Waals surface area contributed by atoms with Crippen molar-refractivity contribution in [1.82, 2.24) is 30.7 Å². The highest BCUT2D eigenvalue weighted by atomic mass is 16.5. The molecule has 0 spiro atoms. The Balaban J connectivity index is 1.34. The van der Waals surface area contributed by atoms with E-state index in [1.54, 1.807) is 31.4 Å². The van der Waals surface area contributed by atoms with E-state index in [0.717, 1.165) is 23.6 Å². The minimum atomic E-state index is -0.205. The van der Waals surface area contributed by atoms with Crippen molar-refractivity contribution >= 4 is 5.69 Å². The van der Waals surface area contributed by atoms with Crippen LogP contribution < -0.4 is 31.3 Å². The fourth-order valence-corrected chi connectivity index (χ4v) is 3.24. The fourth-order valence-electron chi connectivity index (χ4n) is 3.24. The Kier molecular flexibility index (Phi) is 5.26. The predicted octanol–water partition coefficient (Wildman–Crippen LogP) is 0.574. The van der Waals surface area contributed by atoms with Crippen LogP contribution in [0.3, 0.4) is 0 Å². The second-order valence-corrected chi connectivity index (χ2v) is 7.22. The topological polar surface area (TPSA) is 106 Å². The van der Waals surface area contributed by atoms with E-state index in [0.29, 0.717) is 36.6 Å². The molecule has 2 atom stereocenters. The molecule has 2 aliphatic rings. The molecule has 2 aromatic heterocycles. The number of nitrogens with one attached hydrogen (secondary N) is 3. The smallest absolute Gasteiger partial charge is 0.290 e. The lowest BCUT2D eigenvalue weighted by molar-refractivity contribution is 0.278. The molecule has 2 unspecified atom stereocenters. The number of hydrogen-bond acceptors (Lipinski definition) is 9. The first-order chi connectivity index (χ1) is 14.0. The third-order valence-electron chi connectivity index (χ3n) is 4.99. The minimum Gasteiger partial charge on any atom is -0.495 e. The fraction of sp³-hybridized carbons (Fsp3) is 0.421. The van der Waals surface area contributed by atoms with Crippen molar-refractivity contribution < 1.29 is 9.47 Å². The van der Waals surface area contributed by atoms with Gasteiger partial charge < -0.3 is 20.2 Å². The van der Waals surface area contributed by atoms with Gasteiger partial charge in [-0.25, -0.2) is 4.68 Å². The third-order valence-corrected chi connectivity index (χ3v) is 4.99. The Morgan fingerprint density at radius 3 is 2.90 bits per heavy atom. The molecule has 2 aromatic rings. The van der Waals surface area contributed by atoms with Crippen LogP contribution in [0.15, 0.2) is 41.1 Å². The first kappa shape index (κ1) is 19.1. The summed E-state index contributed by atoms with van der Waals surface area (Å²) in [5, 5.41) is 9.13. The van der Waals surface area contributed by atoms with Gasteiger partial charge in [-0.05, 0) is 18.6 Å². The Labute approximate surface area is 168 Å². The molecule has 10 heteroatoms. The zero-order valence-electron chi connectivity index (χ0n) is 16.7. The minimum absolute atomic E-state index is 0.205. The van der Waals surface area contributed by atoms with E-state index in [4.69, 9.17) is 9.47 Å². The summed E-state index contributed by atoms with van der Waals surface area (Å²) in [6.45, 7) is 1.01. The average molecular weight is 399 g/mol. The van der Waals surface area contributed by atoms with Gasteiger partial charge >= 0.3 is 0 Å². The quantitative estimate of drug-likeness (QED) is 0.588. The zero-order chi connectivity index (χ0) is 20.4. The van der Waals surface area contributed by atoms with E-state index in [-0.39, 0.29) is 5.56 Å². The second kappa shape index (κ2) is 8.00. The molecule has 3 N–H and O–H groups in total. The van der Waals surface area contributed by atoms with Gasteiger partial charge in [0.05, 0.1) is 32.2 Å². The van der Waals surface area contributed by atoms with Crippen LogP contribution in [-0.4, -0.2) is 47.1 Å². The maximum Gasteiger partial charge on any atom is 0.290 e. The highest BCUT2D eigenvalue weighted by Gasteiger charge is 2.40. The lowest BCUT2D eigenvalue weighted by atomic mass is 10.2. The van der Waals surface area contributed by atoms with E-state index in [1.165, 1.54) is 4.68 Å². The van der Waals surface area contributed by atoms with Crippen molar-refractivity contribution in [3.05, 3.63) is 52.3 Å². The van der Waals surface area contributed by atoms with Crippen LogP contribution in [0, 0.1) is 5.92 Å². The van der Waals surface area contributed by atoms with Crippen LogP contribution in [0.1, 0.15) is 18.0 Å². The molecule has 3 heterocycles. The maximum absolute atomic E-state index is 12.3. The molecule has 4 rings (SSSR count). The van der Waals surface area contributed by atoms with Crippen molar-refractivity contribution in [2.24, 2.45) is 13.0 Å². The van der Waals surface area contributed by atoms with E-state index in [9.17, 15) is 4.79 Å². The number of pyridine rings is 1. The largest absolute Gasteiger partial charge is 0.495 e. The predicted molar refractivity (Wildman–Crippen MR) is 107 cm³/mol. The Morgan fingerprint density at radius 2 is 2.21 bits per heavy atom. The van der Waals surface area contributed by atoms with Crippen LogP contribution >= 0.6 is 0 Å². The number of rotatable bonds is 8. The lowest BCUT2D eigenvalue weighted by Crippen LogP contribution is -2.34. The molecule has 0 bridgehead atoms. The summed E-state index contributed by atoms with van der Waals surface area (Å²) in [6.07, 6.45) is 4.66. The molecule has 154 valence electrons. The molecule has 10 nitrogen and oxygen atoms in total. The van der Waals surface area contributed by atoms with Crippen molar-refractivity contribution in [2.75, 3.05) is 32.6 Å². The first-order valence-corrected chi connectivity index (χ1v) is 9.43. The van der Waals surface area contributed by atoms with Crippen molar-refractivity contribution in [3.63, 3.8) is 0 Å². The number of aromatic nitrogens is 3. The maximum atomic E-state index is 12.3. The molecular weight excluding hydrogens is 374 g/mol. The lowest BCUT2D eigenvalue weighted by Gasteiger charge is -2.11. The molecule has 1 fully saturated rings. The van der Waals surface area contributed by atoms with Crippen LogP contribution in [0.5, 0.6) is 11.6 Å². The van der Waals surface area contributed by atoms with E-state index in [1.807, 2.05) is 25.4 Å². The summed E-state index contributed by atoms with van der Waals surface area (Å²) in [7, 11) is 5.12. The van der Waals surface area contributed by atoms with Gasteiger partial charge in [0.1, 0.15) is 11.4 Å². The van der Waals surface area contributed by atoms with Crippen LogP contribution in [0.4, 0.5) is 5.69 Å².